The Labute approximate surface area is 178 Å². The van der Waals surface area contributed by atoms with Crippen LogP contribution in [-0.4, -0.2) is 51.5 Å². The lowest BCUT2D eigenvalue weighted by Gasteiger charge is -2.48. The standard InChI is InChI=1S/C24H34O6/c1-11(2)21(28)30-10-14-8-15-17-16(22(17,5)6)7-13(4)23(20(15)27)9-12(3)18(25)24(23,29)19(14)26/h8-9,11,13,15-19,25-26,29H,7,10H2,1-6H3/t13-,15+,16-,17+,18+,19-,23+,24-/m1/s1. The molecule has 4 aliphatic carbocycles. The Morgan fingerprint density at radius 2 is 1.90 bits per heavy atom. The molecule has 0 radical (unpaired) electrons. The molecule has 0 aromatic rings. The fourth-order valence-corrected chi connectivity index (χ4v) is 6.74. The summed E-state index contributed by atoms with van der Waals surface area (Å²) in [6, 6.07) is 0. The second-order valence-electron chi connectivity index (χ2n) is 10.9. The Morgan fingerprint density at radius 3 is 2.50 bits per heavy atom. The van der Waals surface area contributed by atoms with Crippen molar-refractivity contribution in [3.8, 4) is 0 Å². The van der Waals surface area contributed by atoms with Crippen molar-refractivity contribution < 1.29 is 29.6 Å². The zero-order valence-corrected chi connectivity index (χ0v) is 18.7. The molecule has 166 valence electrons. The molecule has 0 amide bonds. The van der Waals surface area contributed by atoms with Gasteiger partial charge in [-0.15, -0.1) is 0 Å². The van der Waals surface area contributed by atoms with E-state index in [1.807, 2.05) is 6.92 Å². The summed E-state index contributed by atoms with van der Waals surface area (Å²) in [6.07, 6.45) is 1.28. The predicted molar refractivity (Wildman–Crippen MR) is 110 cm³/mol. The zero-order valence-electron chi connectivity index (χ0n) is 18.7. The maximum Gasteiger partial charge on any atom is 0.308 e. The number of hydrogen-bond acceptors (Lipinski definition) is 6. The number of esters is 1. The van der Waals surface area contributed by atoms with Crippen LogP contribution in [0.4, 0.5) is 0 Å². The molecule has 3 N–H and O–H groups in total. The van der Waals surface area contributed by atoms with Gasteiger partial charge in [0.1, 0.15) is 24.4 Å². The van der Waals surface area contributed by atoms with Crippen LogP contribution in [-0.2, 0) is 14.3 Å². The maximum atomic E-state index is 14.0. The first-order chi connectivity index (χ1) is 13.8. The normalized spacial score (nSPS) is 46.3. The number of carbonyl (C=O) groups excluding carboxylic acids is 2. The van der Waals surface area contributed by atoms with Crippen molar-refractivity contribution in [1.82, 2.24) is 0 Å². The molecule has 0 unspecified atom stereocenters. The molecular formula is C24H34O6. The summed E-state index contributed by atoms with van der Waals surface area (Å²) in [6.45, 7) is 11.2. The minimum atomic E-state index is -2.08. The molecule has 4 aliphatic rings. The minimum absolute atomic E-state index is 0.0181. The number of ether oxygens (including phenoxy) is 1. The van der Waals surface area contributed by atoms with Crippen LogP contribution in [0.2, 0.25) is 0 Å². The highest BCUT2D eigenvalue weighted by Gasteiger charge is 2.75. The van der Waals surface area contributed by atoms with Gasteiger partial charge in [0.15, 0.2) is 5.78 Å². The first kappa shape index (κ1) is 21.7. The van der Waals surface area contributed by atoms with E-state index < -0.39 is 35.1 Å². The number of aliphatic hydroxyl groups excluding tert-OH is 2. The van der Waals surface area contributed by atoms with E-state index in [4.69, 9.17) is 4.74 Å². The molecule has 30 heavy (non-hydrogen) atoms. The summed E-state index contributed by atoms with van der Waals surface area (Å²) in [5.74, 6) is -1.22. The Kier molecular flexibility index (Phi) is 4.71. The van der Waals surface area contributed by atoms with E-state index in [1.54, 1.807) is 32.9 Å². The molecule has 0 saturated heterocycles. The Bertz CT molecular complexity index is 854. The first-order valence-electron chi connectivity index (χ1n) is 11.0. The number of allylic oxidation sites excluding steroid dienone is 1. The van der Waals surface area contributed by atoms with Crippen molar-refractivity contribution in [2.45, 2.75) is 65.8 Å². The molecule has 0 aromatic carbocycles. The number of aliphatic hydroxyl groups is 3. The second kappa shape index (κ2) is 6.50. The van der Waals surface area contributed by atoms with Gasteiger partial charge in [-0.05, 0) is 47.7 Å². The lowest BCUT2D eigenvalue weighted by atomic mass is 9.59. The van der Waals surface area contributed by atoms with Gasteiger partial charge in [0, 0.05) is 5.92 Å². The van der Waals surface area contributed by atoms with Gasteiger partial charge in [0.25, 0.3) is 0 Å². The van der Waals surface area contributed by atoms with Gasteiger partial charge >= 0.3 is 5.97 Å². The Balaban J connectivity index is 1.86. The smallest absolute Gasteiger partial charge is 0.308 e. The molecule has 0 heterocycles. The number of ketones is 1. The van der Waals surface area contributed by atoms with Crippen molar-refractivity contribution in [1.29, 1.82) is 0 Å². The fourth-order valence-electron chi connectivity index (χ4n) is 6.74. The summed E-state index contributed by atoms with van der Waals surface area (Å²) in [5.41, 5.74) is -2.69. The van der Waals surface area contributed by atoms with Gasteiger partial charge < -0.3 is 20.1 Å². The lowest BCUT2D eigenvalue weighted by molar-refractivity contribution is -0.190. The second-order valence-corrected chi connectivity index (χ2v) is 10.9. The first-order valence-corrected chi connectivity index (χ1v) is 11.0. The van der Waals surface area contributed by atoms with Gasteiger partial charge in [0.05, 0.1) is 11.3 Å². The van der Waals surface area contributed by atoms with Gasteiger partial charge in [-0.1, -0.05) is 46.8 Å². The van der Waals surface area contributed by atoms with E-state index in [1.165, 1.54) is 0 Å². The highest BCUT2D eigenvalue weighted by Crippen LogP contribution is 2.71. The molecule has 6 heteroatoms. The summed E-state index contributed by atoms with van der Waals surface area (Å²) >= 11 is 0. The molecule has 2 bridgehead atoms. The highest BCUT2D eigenvalue weighted by molar-refractivity contribution is 5.95. The Hall–Kier alpha value is -1.50. The number of Topliss-reactive ketones (excluding diaryl/α,β-unsaturated/α-hetero) is 1. The average Bonchev–Trinajstić information content (AvgIpc) is 3.17. The molecule has 0 aromatic heterocycles. The van der Waals surface area contributed by atoms with E-state index in [2.05, 4.69) is 13.8 Å². The summed E-state index contributed by atoms with van der Waals surface area (Å²) in [5, 5.41) is 34.2. The van der Waals surface area contributed by atoms with Crippen LogP contribution in [0.1, 0.15) is 48.0 Å². The maximum absolute atomic E-state index is 14.0. The third-order valence-electron chi connectivity index (χ3n) is 8.60. The number of fused-ring (bicyclic) bond motifs is 3. The molecule has 6 nitrogen and oxygen atoms in total. The van der Waals surface area contributed by atoms with E-state index in [0.29, 0.717) is 17.1 Å². The molecular weight excluding hydrogens is 384 g/mol. The van der Waals surface area contributed by atoms with Gasteiger partial charge in [-0.2, -0.15) is 0 Å². The topological polar surface area (TPSA) is 104 Å². The van der Waals surface area contributed by atoms with Crippen molar-refractivity contribution in [3.63, 3.8) is 0 Å². The van der Waals surface area contributed by atoms with E-state index in [9.17, 15) is 24.9 Å². The van der Waals surface area contributed by atoms with Gasteiger partial charge in [-0.3, -0.25) is 9.59 Å². The number of hydrogen-bond donors (Lipinski definition) is 3. The van der Waals surface area contributed by atoms with Crippen LogP contribution >= 0.6 is 0 Å². The number of rotatable bonds is 3. The minimum Gasteiger partial charge on any atom is -0.461 e. The van der Waals surface area contributed by atoms with Crippen LogP contribution in [0.5, 0.6) is 0 Å². The molecule has 8 atom stereocenters. The summed E-state index contributed by atoms with van der Waals surface area (Å²) < 4.78 is 5.38. The molecule has 4 rings (SSSR count). The third kappa shape index (κ3) is 2.47. The van der Waals surface area contributed by atoms with Crippen molar-refractivity contribution in [2.24, 2.45) is 40.4 Å². The van der Waals surface area contributed by atoms with Gasteiger partial charge in [0.2, 0.25) is 0 Å². The van der Waals surface area contributed by atoms with Crippen LogP contribution in [0.25, 0.3) is 0 Å². The fraction of sp³-hybridized carbons (Fsp3) is 0.750. The van der Waals surface area contributed by atoms with Crippen molar-refractivity contribution in [2.75, 3.05) is 6.61 Å². The highest BCUT2D eigenvalue weighted by atomic mass is 16.5. The van der Waals surface area contributed by atoms with E-state index in [-0.39, 0.29) is 35.6 Å². The van der Waals surface area contributed by atoms with Gasteiger partial charge in [-0.25, -0.2) is 0 Å². The molecule has 0 aliphatic heterocycles. The summed E-state index contributed by atoms with van der Waals surface area (Å²) in [4.78, 5) is 26.1. The van der Waals surface area contributed by atoms with Crippen molar-refractivity contribution in [3.05, 3.63) is 23.3 Å². The van der Waals surface area contributed by atoms with Crippen LogP contribution in [0, 0.1) is 40.4 Å². The van der Waals surface area contributed by atoms with E-state index in [0.717, 1.165) is 6.42 Å². The third-order valence-corrected chi connectivity index (χ3v) is 8.60. The molecule has 1 spiro atoms. The monoisotopic (exact) mass is 418 g/mol. The quantitative estimate of drug-likeness (QED) is 0.479. The van der Waals surface area contributed by atoms with Crippen molar-refractivity contribution >= 4 is 11.8 Å². The molecule has 2 saturated carbocycles. The Morgan fingerprint density at radius 1 is 1.27 bits per heavy atom. The van der Waals surface area contributed by atoms with Crippen LogP contribution in [0.15, 0.2) is 23.3 Å². The van der Waals surface area contributed by atoms with Crippen LogP contribution in [0.3, 0.4) is 0 Å². The number of carbonyl (C=O) groups is 2. The van der Waals surface area contributed by atoms with Crippen LogP contribution < -0.4 is 0 Å². The molecule has 2 fully saturated rings. The lowest BCUT2D eigenvalue weighted by Crippen LogP contribution is -2.65. The summed E-state index contributed by atoms with van der Waals surface area (Å²) in [7, 11) is 0. The largest absolute Gasteiger partial charge is 0.461 e. The van der Waals surface area contributed by atoms with E-state index >= 15 is 0 Å². The average molecular weight is 419 g/mol. The zero-order chi connectivity index (χ0) is 22.4. The predicted octanol–water partition coefficient (Wildman–Crippen LogP) is 2.02. The SMILES string of the molecule is CC1=C[C@]23C(=O)[C@@H](C=C(COC(=O)C(C)C)[C@@H](O)[C@]2(O)[C@H]1O)[C@H]1[C@@H](C[C@H]3C)C1(C)C.